The second-order valence-electron chi connectivity index (χ2n) is 6.36. The number of amides is 2. The Morgan fingerprint density at radius 2 is 1.36 bits per heavy atom. The summed E-state index contributed by atoms with van der Waals surface area (Å²) in [5.74, 6) is -2.33. The molecule has 5 nitrogen and oxygen atoms in total. The lowest BCUT2D eigenvalue weighted by Crippen LogP contribution is -2.47. The molecular formula is C23H20N2O3. The first kappa shape index (κ1) is 19.0. The van der Waals surface area contributed by atoms with E-state index in [1.807, 2.05) is 72.8 Å². The van der Waals surface area contributed by atoms with E-state index in [0.29, 0.717) is 5.56 Å². The Hall–Kier alpha value is -3.73. The van der Waals surface area contributed by atoms with Gasteiger partial charge in [0.1, 0.15) is 6.04 Å². The summed E-state index contributed by atoms with van der Waals surface area (Å²) in [7, 11) is 0. The monoisotopic (exact) mass is 372 g/mol. The van der Waals surface area contributed by atoms with Gasteiger partial charge in [-0.2, -0.15) is 0 Å². The number of primary amides is 1. The number of hydrogen-bond donors (Lipinski definition) is 2. The fraction of sp³-hybridized carbons (Fsp3) is 0.0870. The summed E-state index contributed by atoms with van der Waals surface area (Å²) in [5.41, 5.74) is 8.05. The van der Waals surface area contributed by atoms with Crippen molar-refractivity contribution >= 4 is 17.6 Å². The standard InChI is InChI=1S/C23H20N2O3/c24-22(27)21(26)20(15-16-9-3-1-4-10-16)25-23(28)19-14-8-7-13-18(19)17-11-5-2-6-12-17/h1-14,20H,15H2,(H2,24,27)(H,25,28)/t20-/m0/s1. The molecule has 1 atom stereocenters. The Morgan fingerprint density at radius 3 is 2.00 bits per heavy atom. The maximum absolute atomic E-state index is 13.0. The number of benzene rings is 3. The van der Waals surface area contributed by atoms with Crippen LogP contribution in [-0.2, 0) is 16.0 Å². The zero-order valence-electron chi connectivity index (χ0n) is 15.2. The van der Waals surface area contributed by atoms with Crippen LogP contribution in [0.2, 0.25) is 0 Å². The molecule has 0 bridgehead atoms. The van der Waals surface area contributed by atoms with E-state index in [1.165, 1.54) is 0 Å². The van der Waals surface area contributed by atoms with Crippen molar-refractivity contribution in [3.63, 3.8) is 0 Å². The molecule has 3 N–H and O–H groups in total. The normalized spacial score (nSPS) is 11.4. The number of Topliss-reactive ketones (excluding diaryl/α,β-unsaturated/α-hetero) is 1. The van der Waals surface area contributed by atoms with Gasteiger partial charge in [0.05, 0.1) is 0 Å². The highest BCUT2D eigenvalue weighted by atomic mass is 16.2. The molecule has 2 amide bonds. The van der Waals surface area contributed by atoms with Crippen LogP contribution in [0.3, 0.4) is 0 Å². The van der Waals surface area contributed by atoms with Crippen molar-refractivity contribution < 1.29 is 14.4 Å². The van der Waals surface area contributed by atoms with E-state index in [-0.39, 0.29) is 6.42 Å². The van der Waals surface area contributed by atoms with Crippen molar-refractivity contribution in [1.82, 2.24) is 5.32 Å². The molecule has 0 fully saturated rings. The van der Waals surface area contributed by atoms with Crippen LogP contribution in [0.25, 0.3) is 11.1 Å². The topological polar surface area (TPSA) is 89.3 Å². The lowest BCUT2D eigenvalue weighted by Gasteiger charge is -2.18. The molecule has 0 aliphatic carbocycles. The van der Waals surface area contributed by atoms with E-state index in [9.17, 15) is 14.4 Å². The number of hydrogen-bond acceptors (Lipinski definition) is 3. The molecule has 0 spiro atoms. The first-order valence-electron chi connectivity index (χ1n) is 8.89. The molecule has 0 aliphatic heterocycles. The van der Waals surface area contributed by atoms with Gasteiger partial charge in [-0.05, 0) is 22.8 Å². The Kier molecular flexibility index (Phi) is 5.97. The second kappa shape index (κ2) is 8.77. The zero-order chi connectivity index (χ0) is 19.9. The molecule has 0 saturated heterocycles. The van der Waals surface area contributed by atoms with Crippen LogP contribution in [0.15, 0.2) is 84.9 Å². The van der Waals surface area contributed by atoms with E-state index in [1.54, 1.807) is 12.1 Å². The minimum atomic E-state index is -1.07. The number of nitrogens with two attached hydrogens (primary N) is 1. The molecule has 3 aromatic rings. The van der Waals surface area contributed by atoms with Crippen molar-refractivity contribution in [2.45, 2.75) is 12.5 Å². The van der Waals surface area contributed by atoms with E-state index in [0.717, 1.165) is 16.7 Å². The van der Waals surface area contributed by atoms with Gasteiger partial charge in [-0.1, -0.05) is 78.9 Å². The summed E-state index contributed by atoms with van der Waals surface area (Å²) in [6, 6.07) is 24.7. The number of ketones is 1. The molecule has 5 heteroatoms. The van der Waals surface area contributed by atoms with Crippen LogP contribution in [0.4, 0.5) is 0 Å². The van der Waals surface area contributed by atoms with Gasteiger partial charge in [0.2, 0.25) is 5.78 Å². The summed E-state index contributed by atoms with van der Waals surface area (Å²) in [5, 5.41) is 2.68. The third-order valence-electron chi connectivity index (χ3n) is 4.40. The summed E-state index contributed by atoms with van der Waals surface area (Å²) in [6.45, 7) is 0. The third-order valence-corrected chi connectivity index (χ3v) is 4.40. The third kappa shape index (κ3) is 4.51. The summed E-state index contributed by atoms with van der Waals surface area (Å²) < 4.78 is 0. The lowest BCUT2D eigenvalue weighted by molar-refractivity contribution is -0.137. The van der Waals surface area contributed by atoms with Crippen LogP contribution in [0, 0.1) is 0 Å². The molecule has 0 saturated carbocycles. The van der Waals surface area contributed by atoms with Crippen LogP contribution < -0.4 is 11.1 Å². The maximum Gasteiger partial charge on any atom is 0.287 e. The molecule has 3 rings (SSSR count). The first-order chi connectivity index (χ1) is 13.6. The highest BCUT2D eigenvalue weighted by Crippen LogP contribution is 2.23. The van der Waals surface area contributed by atoms with Crippen molar-refractivity contribution in [2.75, 3.05) is 0 Å². The molecule has 3 aromatic carbocycles. The zero-order valence-corrected chi connectivity index (χ0v) is 15.2. The molecule has 140 valence electrons. The molecule has 0 aliphatic rings. The van der Waals surface area contributed by atoms with Crippen molar-refractivity contribution in [3.05, 3.63) is 96.1 Å². The Labute approximate surface area is 163 Å². The number of carbonyl (C=O) groups excluding carboxylic acids is 3. The van der Waals surface area contributed by atoms with Crippen LogP contribution in [0.5, 0.6) is 0 Å². The van der Waals surface area contributed by atoms with Gasteiger partial charge in [-0.15, -0.1) is 0 Å². The fourth-order valence-corrected chi connectivity index (χ4v) is 3.02. The number of rotatable bonds is 7. The minimum Gasteiger partial charge on any atom is -0.363 e. The quantitative estimate of drug-likeness (QED) is 0.625. The van der Waals surface area contributed by atoms with E-state index < -0.39 is 23.6 Å². The van der Waals surface area contributed by atoms with E-state index in [4.69, 9.17) is 5.73 Å². The molecule has 28 heavy (non-hydrogen) atoms. The van der Waals surface area contributed by atoms with Crippen LogP contribution in [-0.4, -0.2) is 23.6 Å². The molecule has 0 unspecified atom stereocenters. The van der Waals surface area contributed by atoms with Gasteiger partial charge in [-0.3, -0.25) is 14.4 Å². The first-order valence-corrected chi connectivity index (χ1v) is 8.89. The average Bonchev–Trinajstić information content (AvgIpc) is 2.74. The van der Waals surface area contributed by atoms with Gasteiger partial charge in [0, 0.05) is 12.0 Å². The molecule has 0 aromatic heterocycles. The summed E-state index contributed by atoms with van der Waals surface area (Å²) in [6.07, 6.45) is 0.182. The highest BCUT2D eigenvalue weighted by molar-refractivity contribution is 6.38. The van der Waals surface area contributed by atoms with Crippen LogP contribution in [0.1, 0.15) is 15.9 Å². The van der Waals surface area contributed by atoms with Crippen molar-refractivity contribution in [3.8, 4) is 11.1 Å². The van der Waals surface area contributed by atoms with Gasteiger partial charge in [0.25, 0.3) is 11.8 Å². The minimum absolute atomic E-state index is 0.182. The van der Waals surface area contributed by atoms with Crippen LogP contribution >= 0.6 is 0 Å². The van der Waals surface area contributed by atoms with E-state index in [2.05, 4.69) is 5.32 Å². The smallest absolute Gasteiger partial charge is 0.287 e. The predicted octanol–water partition coefficient (Wildman–Crippen LogP) is 2.75. The summed E-state index contributed by atoms with van der Waals surface area (Å²) in [4.78, 5) is 36.7. The lowest BCUT2D eigenvalue weighted by atomic mass is 9.97. The largest absolute Gasteiger partial charge is 0.363 e. The maximum atomic E-state index is 13.0. The predicted molar refractivity (Wildman–Crippen MR) is 107 cm³/mol. The molecular weight excluding hydrogens is 352 g/mol. The van der Waals surface area contributed by atoms with Gasteiger partial charge >= 0.3 is 0 Å². The number of carbonyl (C=O) groups is 3. The van der Waals surface area contributed by atoms with Gasteiger partial charge < -0.3 is 11.1 Å². The van der Waals surface area contributed by atoms with Crippen molar-refractivity contribution in [1.29, 1.82) is 0 Å². The SMILES string of the molecule is NC(=O)C(=O)[C@H](Cc1ccccc1)NC(=O)c1ccccc1-c1ccccc1. The second-order valence-corrected chi connectivity index (χ2v) is 6.36. The molecule has 0 radical (unpaired) electrons. The highest BCUT2D eigenvalue weighted by Gasteiger charge is 2.26. The summed E-state index contributed by atoms with van der Waals surface area (Å²) >= 11 is 0. The fourth-order valence-electron chi connectivity index (χ4n) is 3.02. The molecule has 0 heterocycles. The Bertz CT molecular complexity index is 985. The van der Waals surface area contributed by atoms with Gasteiger partial charge in [0.15, 0.2) is 0 Å². The Morgan fingerprint density at radius 1 is 0.786 bits per heavy atom. The average molecular weight is 372 g/mol. The van der Waals surface area contributed by atoms with Crippen molar-refractivity contribution in [2.24, 2.45) is 5.73 Å². The van der Waals surface area contributed by atoms with E-state index >= 15 is 0 Å². The Balaban J connectivity index is 1.88. The van der Waals surface area contributed by atoms with Gasteiger partial charge in [-0.25, -0.2) is 0 Å². The number of nitrogens with one attached hydrogen (secondary N) is 1.